The van der Waals surface area contributed by atoms with Crippen molar-refractivity contribution in [3.8, 4) is 0 Å². The first-order chi connectivity index (χ1) is 12.2. The van der Waals surface area contributed by atoms with Crippen LogP contribution in [0.5, 0.6) is 0 Å². The van der Waals surface area contributed by atoms with E-state index in [2.05, 4.69) is 53.2 Å². The summed E-state index contributed by atoms with van der Waals surface area (Å²) >= 11 is 0. The van der Waals surface area contributed by atoms with Gasteiger partial charge in [0.25, 0.3) is 0 Å². The van der Waals surface area contributed by atoms with E-state index in [4.69, 9.17) is 4.74 Å². The lowest BCUT2D eigenvalue weighted by molar-refractivity contribution is -0.141. The molecule has 0 spiro atoms. The first kappa shape index (κ1) is 18.7. The third kappa shape index (κ3) is 6.79. The van der Waals surface area contributed by atoms with Crippen LogP contribution in [0.2, 0.25) is 0 Å². The van der Waals surface area contributed by atoms with E-state index in [1.807, 2.05) is 12.1 Å². The van der Waals surface area contributed by atoms with Gasteiger partial charge in [-0.1, -0.05) is 24.3 Å². The van der Waals surface area contributed by atoms with E-state index in [1.54, 1.807) is 12.4 Å². The number of anilines is 1. The summed E-state index contributed by atoms with van der Waals surface area (Å²) in [7, 11) is 0. The first-order valence-corrected chi connectivity index (χ1v) is 8.75. The summed E-state index contributed by atoms with van der Waals surface area (Å²) in [5, 5.41) is 0. The van der Waals surface area contributed by atoms with Gasteiger partial charge in [-0.15, -0.1) is 0 Å². The Labute approximate surface area is 150 Å². The van der Waals surface area contributed by atoms with E-state index in [1.165, 1.54) is 18.2 Å². The maximum atomic E-state index is 10.8. The Balaban J connectivity index is 1.86. The Hall–Kier alpha value is -2.62. The lowest BCUT2D eigenvalue weighted by Gasteiger charge is -2.23. The van der Waals surface area contributed by atoms with Crippen LogP contribution in [0.25, 0.3) is 12.2 Å². The zero-order valence-corrected chi connectivity index (χ0v) is 15.0. The molecule has 4 heteroatoms. The average molecular weight is 338 g/mol. The molecule has 2 rings (SSSR count). The molecule has 0 aliphatic carbocycles. The minimum atomic E-state index is -0.206. The number of rotatable bonds is 9. The highest BCUT2D eigenvalue weighted by atomic mass is 16.5. The Kier molecular flexibility index (Phi) is 7.70. The largest absolute Gasteiger partial charge is 0.466 e. The van der Waals surface area contributed by atoms with Crippen LogP contribution in [-0.2, 0) is 9.53 Å². The fourth-order valence-electron chi connectivity index (χ4n) is 2.55. The molecule has 0 aliphatic heterocycles. The van der Waals surface area contributed by atoms with Crippen molar-refractivity contribution in [3.05, 3.63) is 59.9 Å². The van der Waals surface area contributed by atoms with Gasteiger partial charge in [-0.2, -0.15) is 0 Å². The van der Waals surface area contributed by atoms with Crippen molar-refractivity contribution in [2.24, 2.45) is 0 Å². The van der Waals surface area contributed by atoms with Crippen LogP contribution >= 0.6 is 0 Å². The van der Waals surface area contributed by atoms with Gasteiger partial charge < -0.3 is 9.64 Å². The molecule has 0 bridgehead atoms. The fourth-order valence-corrected chi connectivity index (χ4v) is 2.55. The molecule has 0 N–H and O–H groups in total. The summed E-state index contributed by atoms with van der Waals surface area (Å²) in [5.41, 5.74) is 3.53. The number of esters is 1. The monoisotopic (exact) mass is 338 g/mol. The second-order valence-corrected chi connectivity index (χ2v) is 5.83. The van der Waals surface area contributed by atoms with Crippen molar-refractivity contribution in [3.63, 3.8) is 0 Å². The van der Waals surface area contributed by atoms with Gasteiger partial charge in [0, 0.05) is 38.1 Å². The van der Waals surface area contributed by atoms with Crippen LogP contribution in [-0.4, -0.2) is 30.6 Å². The van der Waals surface area contributed by atoms with Crippen LogP contribution in [0.3, 0.4) is 0 Å². The SMILES string of the molecule is CCN(CCCCOC(C)=O)c1ccc(C=Cc2ccncc2)cc1. The van der Waals surface area contributed by atoms with Gasteiger partial charge in [-0.3, -0.25) is 9.78 Å². The van der Waals surface area contributed by atoms with Crippen molar-refractivity contribution in [1.29, 1.82) is 0 Å². The number of aromatic nitrogens is 1. The van der Waals surface area contributed by atoms with Gasteiger partial charge in [-0.05, 0) is 55.2 Å². The molecule has 0 aliphatic rings. The molecule has 0 saturated heterocycles. The predicted molar refractivity (Wildman–Crippen MR) is 103 cm³/mol. The fraction of sp³-hybridized carbons (Fsp3) is 0.333. The summed E-state index contributed by atoms with van der Waals surface area (Å²) in [5.74, 6) is -0.206. The molecule has 0 unspecified atom stereocenters. The number of pyridine rings is 1. The van der Waals surface area contributed by atoms with E-state index in [0.717, 1.165) is 31.5 Å². The number of hydrogen-bond donors (Lipinski definition) is 0. The Morgan fingerprint density at radius 1 is 1.04 bits per heavy atom. The lowest BCUT2D eigenvalue weighted by atomic mass is 10.1. The van der Waals surface area contributed by atoms with Crippen LogP contribution in [0.1, 0.15) is 37.8 Å². The van der Waals surface area contributed by atoms with Gasteiger partial charge in [0.15, 0.2) is 0 Å². The van der Waals surface area contributed by atoms with Crippen molar-refractivity contribution in [2.45, 2.75) is 26.7 Å². The summed E-state index contributed by atoms with van der Waals surface area (Å²) < 4.78 is 4.97. The van der Waals surface area contributed by atoms with Gasteiger partial charge >= 0.3 is 5.97 Å². The molecule has 1 aromatic carbocycles. The maximum Gasteiger partial charge on any atom is 0.302 e. The molecule has 25 heavy (non-hydrogen) atoms. The quantitative estimate of drug-likeness (QED) is 0.501. The third-order valence-corrected chi connectivity index (χ3v) is 3.94. The molecular formula is C21H26N2O2. The number of carbonyl (C=O) groups is 1. The molecule has 132 valence electrons. The Bertz CT molecular complexity index is 666. The number of benzene rings is 1. The third-order valence-electron chi connectivity index (χ3n) is 3.94. The maximum absolute atomic E-state index is 10.8. The molecule has 0 amide bonds. The highest BCUT2D eigenvalue weighted by molar-refractivity contribution is 5.70. The van der Waals surface area contributed by atoms with Gasteiger partial charge in [-0.25, -0.2) is 0 Å². The first-order valence-electron chi connectivity index (χ1n) is 8.75. The van der Waals surface area contributed by atoms with E-state index >= 15 is 0 Å². The van der Waals surface area contributed by atoms with Crippen LogP contribution in [0.15, 0.2) is 48.8 Å². The molecule has 0 atom stereocenters. The number of unbranched alkanes of at least 4 members (excludes halogenated alkanes) is 1. The molecule has 0 fully saturated rings. The van der Waals surface area contributed by atoms with Crippen LogP contribution in [0, 0.1) is 0 Å². The summed E-state index contributed by atoms with van der Waals surface area (Å²) in [4.78, 5) is 17.1. The predicted octanol–water partition coefficient (Wildman–Crippen LogP) is 4.42. The van der Waals surface area contributed by atoms with Gasteiger partial charge in [0.2, 0.25) is 0 Å². The molecule has 4 nitrogen and oxygen atoms in total. The second-order valence-electron chi connectivity index (χ2n) is 5.83. The van der Waals surface area contributed by atoms with Crippen LogP contribution in [0.4, 0.5) is 5.69 Å². The van der Waals surface area contributed by atoms with Crippen molar-refractivity contribution < 1.29 is 9.53 Å². The standard InChI is InChI=1S/C21H26N2O2/c1-3-23(16-4-5-17-25-18(2)24)21-10-8-19(9-11-21)6-7-20-12-14-22-15-13-20/h6-15H,3-5,16-17H2,1-2H3. The highest BCUT2D eigenvalue weighted by Crippen LogP contribution is 2.17. The topological polar surface area (TPSA) is 42.4 Å². The number of ether oxygens (including phenoxy) is 1. The minimum absolute atomic E-state index is 0.206. The van der Waals surface area contributed by atoms with Gasteiger partial charge in [0.05, 0.1) is 6.61 Å². The second kappa shape index (κ2) is 10.3. The molecule has 1 aromatic heterocycles. The number of hydrogen-bond acceptors (Lipinski definition) is 4. The van der Waals surface area contributed by atoms with Crippen LogP contribution < -0.4 is 4.90 Å². The molecule has 0 saturated carbocycles. The van der Waals surface area contributed by atoms with Crippen molar-refractivity contribution in [2.75, 3.05) is 24.6 Å². The highest BCUT2D eigenvalue weighted by Gasteiger charge is 2.04. The molecule has 0 radical (unpaired) electrons. The Morgan fingerprint density at radius 2 is 1.68 bits per heavy atom. The van der Waals surface area contributed by atoms with Gasteiger partial charge in [0.1, 0.15) is 0 Å². The zero-order chi connectivity index (χ0) is 17.9. The summed E-state index contributed by atoms with van der Waals surface area (Å²) in [6.45, 7) is 6.03. The summed E-state index contributed by atoms with van der Waals surface area (Å²) in [6.07, 6.45) is 9.68. The van der Waals surface area contributed by atoms with E-state index in [9.17, 15) is 4.79 Å². The lowest BCUT2D eigenvalue weighted by Crippen LogP contribution is -2.24. The van der Waals surface area contributed by atoms with Crippen molar-refractivity contribution in [1.82, 2.24) is 4.98 Å². The summed E-state index contributed by atoms with van der Waals surface area (Å²) in [6, 6.07) is 12.5. The number of carbonyl (C=O) groups excluding carboxylic acids is 1. The van der Waals surface area contributed by atoms with Crippen molar-refractivity contribution >= 4 is 23.8 Å². The van der Waals surface area contributed by atoms with E-state index in [-0.39, 0.29) is 5.97 Å². The molecular weight excluding hydrogens is 312 g/mol. The Morgan fingerprint density at radius 3 is 2.28 bits per heavy atom. The number of nitrogens with zero attached hydrogens (tertiary/aromatic N) is 2. The van der Waals surface area contributed by atoms with E-state index in [0.29, 0.717) is 6.61 Å². The smallest absolute Gasteiger partial charge is 0.302 e. The van der Waals surface area contributed by atoms with E-state index < -0.39 is 0 Å². The minimum Gasteiger partial charge on any atom is -0.466 e. The zero-order valence-electron chi connectivity index (χ0n) is 15.0. The average Bonchev–Trinajstić information content (AvgIpc) is 2.64. The molecule has 1 heterocycles. The normalized spacial score (nSPS) is 10.8. The molecule has 2 aromatic rings.